The molecule has 0 N–H and O–H groups in total. The van der Waals surface area contributed by atoms with Crippen LogP contribution in [0.4, 0.5) is 0 Å². The van der Waals surface area contributed by atoms with E-state index in [-0.39, 0.29) is 29.7 Å². The van der Waals surface area contributed by atoms with E-state index in [4.69, 9.17) is 3.54 Å². The molecule has 0 aromatic heterocycles. The second kappa shape index (κ2) is 562. The SMILES string of the molecule is [CH3-].[CH3-].[CH3-].[CH3-].[O]=[Os]. The Morgan fingerprint density at radius 3 is 0.667 bits per heavy atom. The Kier molecular flexibility index (Phi) is 8630. The van der Waals surface area contributed by atoms with Crippen LogP contribution in [0.5, 0.6) is 0 Å². The van der Waals surface area contributed by atoms with E-state index < -0.39 is 0 Å². The summed E-state index contributed by atoms with van der Waals surface area (Å²) in [5, 5.41) is 0. The van der Waals surface area contributed by atoms with Gasteiger partial charge in [-0.1, -0.05) is 0 Å². The van der Waals surface area contributed by atoms with Crippen LogP contribution in [0, 0.1) is 29.7 Å². The van der Waals surface area contributed by atoms with E-state index in [0.717, 1.165) is 0 Å². The van der Waals surface area contributed by atoms with Crippen LogP contribution >= 0.6 is 0 Å². The zero-order chi connectivity index (χ0) is 2.00. The van der Waals surface area contributed by atoms with E-state index in [2.05, 4.69) is 0 Å². The summed E-state index contributed by atoms with van der Waals surface area (Å²) in [6.45, 7) is 0. The van der Waals surface area contributed by atoms with Gasteiger partial charge in [-0.15, -0.1) is 0 Å². The van der Waals surface area contributed by atoms with Crippen LogP contribution in [-0.4, -0.2) is 0 Å². The molecule has 0 aliphatic heterocycles. The third-order valence-corrected chi connectivity index (χ3v) is 0. The van der Waals surface area contributed by atoms with Crippen molar-refractivity contribution >= 4 is 0 Å². The molecule has 0 aliphatic rings. The van der Waals surface area contributed by atoms with Gasteiger partial charge in [0, 0.05) is 0 Å². The van der Waals surface area contributed by atoms with Crippen LogP contribution in [0.25, 0.3) is 0 Å². The molecule has 2 heteroatoms. The maximum absolute atomic E-state index is 8.28. The first-order chi connectivity index (χ1) is 1.00. The molecule has 0 amide bonds. The van der Waals surface area contributed by atoms with E-state index in [1.54, 1.807) is 0 Å². The minimum absolute atomic E-state index is 0. The van der Waals surface area contributed by atoms with Crippen molar-refractivity contribution in [2.45, 2.75) is 0 Å². The van der Waals surface area contributed by atoms with Crippen molar-refractivity contribution in [2.24, 2.45) is 0 Å². The van der Waals surface area contributed by atoms with Gasteiger partial charge >= 0.3 is 22.1 Å². The monoisotopic (exact) mass is 268 g/mol. The average Bonchev–Trinajstić information content (AvgIpc) is 1.00. The summed E-state index contributed by atoms with van der Waals surface area (Å²) in [5.74, 6) is 0. The predicted molar refractivity (Wildman–Crippen MR) is 26.3 cm³/mol. The Labute approximate surface area is 52.3 Å². The van der Waals surface area contributed by atoms with Gasteiger partial charge in [-0.25, -0.2) is 0 Å². The van der Waals surface area contributed by atoms with Gasteiger partial charge in [-0.05, 0) is 0 Å². The molecule has 0 bridgehead atoms. The maximum atomic E-state index is 8.28. The standard InChI is InChI=1S/4CH3.O.Os/h4*1H3;;/q4*-1;;. The molecule has 0 spiro atoms. The Balaban J connectivity index is -0.000000000833. The molecule has 0 fully saturated rings. The fraction of sp³-hybridized carbons (Fsp3) is 0. The van der Waals surface area contributed by atoms with Crippen molar-refractivity contribution < 1.29 is 22.1 Å². The van der Waals surface area contributed by atoms with Crippen molar-refractivity contribution in [3.63, 3.8) is 0 Å². The van der Waals surface area contributed by atoms with E-state index in [9.17, 15) is 0 Å². The first-order valence-electron chi connectivity index (χ1n) is 0.144. The fourth-order valence-corrected chi connectivity index (χ4v) is 0. The van der Waals surface area contributed by atoms with E-state index in [0.29, 0.717) is 18.6 Å². The summed E-state index contributed by atoms with van der Waals surface area (Å²) < 4.78 is 8.28. The van der Waals surface area contributed by atoms with Crippen molar-refractivity contribution in [2.75, 3.05) is 0 Å². The molecule has 46 valence electrons. The van der Waals surface area contributed by atoms with Gasteiger partial charge in [0.05, 0.1) is 0 Å². The molecule has 0 radical (unpaired) electrons. The van der Waals surface area contributed by atoms with Crippen LogP contribution < -0.4 is 0 Å². The predicted octanol–water partition coefficient (Wildman–Crippen LogP) is 1.68. The average molecular weight is 266 g/mol. The van der Waals surface area contributed by atoms with E-state index in [1.807, 2.05) is 0 Å². The topological polar surface area (TPSA) is 17.1 Å². The zero-order valence-corrected chi connectivity index (χ0v) is 7.30. The normalized spacial score (nSPS) is 0.833. The fourth-order valence-electron chi connectivity index (χ4n) is 0. The summed E-state index contributed by atoms with van der Waals surface area (Å²) in [7, 11) is 0. The number of rotatable bonds is 0. The van der Waals surface area contributed by atoms with Gasteiger partial charge in [0.1, 0.15) is 0 Å². The minimum atomic E-state index is 0. The van der Waals surface area contributed by atoms with Crippen molar-refractivity contribution in [1.82, 2.24) is 0 Å². The van der Waals surface area contributed by atoms with Gasteiger partial charge < -0.3 is 29.7 Å². The van der Waals surface area contributed by atoms with Crippen LogP contribution in [0.3, 0.4) is 0 Å². The molecular formula is C4H12OOs-4. The number of hydrogen-bond donors (Lipinski definition) is 0. The summed E-state index contributed by atoms with van der Waals surface area (Å²) in [6, 6.07) is 0. The molecule has 0 saturated carbocycles. The summed E-state index contributed by atoms with van der Waals surface area (Å²) >= 11 is 0.611. The molecule has 0 aromatic carbocycles. The quantitative estimate of drug-likeness (QED) is 0.610. The van der Waals surface area contributed by atoms with Crippen LogP contribution in [0.15, 0.2) is 0 Å². The third-order valence-electron chi connectivity index (χ3n) is 0. The second-order valence-electron chi connectivity index (χ2n) is 0. The molecular weight excluding hydrogens is 254 g/mol. The van der Waals surface area contributed by atoms with Crippen LogP contribution in [0.1, 0.15) is 0 Å². The van der Waals surface area contributed by atoms with E-state index >= 15 is 0 Å². The van der Waals surface area contributed by atoms with Crippen LogP contribution in [0.2, 0.25) is 0 Å². The zero-order valence-electron chi connectivity index (χ0n) is 4.76. The summed E-state index contributed by atoms with van der Waals surface area (Å²) in [4.78, 5) is 0. The van der Waals surface area contributed by atoms with Gasteiger partial charge in [-0.2, -0.15) is 0 Å². The Bertz CT molecular complexity index is 7.51. The first kappa shape index (κ1) is 92.2. The van der Waals surface area contributed by atoms with Crippen molar-refractivity contribution in [1.29, 1.82) is 0 Å². The summed E-state index contributed by atoms with van der Waals surface area (Å²) in [5.41, 5.74) is 0. The van der Waals surface area contributed by atoms with Crippen molar-refractivity contribution in [3.05, 3.63) is 29.7 Å². The third kappa shape index (κ3) is 275. The number of hydrogen-bond acceptors (Lipinski definition) is 1. The molecule has 0 heterocycles. The van der Waals surface area contributed by atoms with E-state index in [1.165, 1.54) is 0 Å². The van der Waals surface area contributed by atoms with Gasteiger partial charge in [0.25, 0.3) is 0 Å². The molecule has 0 rings (SSSR count). The first-order valence-corrected chi connectivity index (χ1v) is 1.18. The molecule has 1 nitrogen and oxygen atoms in total. The summed E-state index contributed by atoms with van der Waals surface area (Å²) in [6.07, 6.45) is 0. The molecule has 0 aromatic rings. The Hall–Kier alpha value is 0.436. The van der Waals surface area contributed by atoms with Crippen LogP contribution in [-0.2, 0) is 22.1 Å². The molecule has 0 aliphatic carbocycles. The Morgan fingerprint density at radius 1 is 0.667 bits per heavy atom. The Morgan fingerprint density at radius 2 is 0.667 bits per heavy atom. The molecule has 6 heavy (non-hydrogen) atoms. The second-order valence-corrected chi connectivity index (χ2v) is 0. The van der Waals surface area contributed by atoms with Gasteiger partial charge in [0.15, 0.2) is 0 Å². The van der Waals surface area contributed by atoms with Crippen molar-refractivity contribution in [3.8, 4) is 0 Å². The van der Waals surface area contributed by atoms with Gasteiger partial charge in [0.2, 0.25) is 0 Å². The van der Waals surface area contributed by atoms with Gasteiger partial charge in [-0.3, -0.25) is 0 Å². The molecule has 0 atom stereocenters. The molecule has 0 saturated heterocycles. The molecule has 0 unspecified atom stereocenters.